The van der Waals surface area contributed by atoms with Gasteiger partial charge in [0.25, 0.3) is 0 Å². The summed E-state index contributed by atoms with van der Waals surface area (Å²) in [6.07, 6.45) is 0.988. The van der Waals surface area contributed by atoms with Crippen LogP contribution in [-0.2, 0) is 6.42 Å². The van der Waals surface area contributed by atoms with Crippen molar-refractivity contribution in [2.24, 2.45) is 5.73 Å². The van der Waals surface area contributed by atoms with E-state index in [2.05, 4.69) is 52.8 Å². The lowest BCUT2D eigenvalue weighted by molar-refractivity contribution is 0.728. The van der Waals surface area contributed by atoms with E-state index in [1.54, 1.807) is 0 Å². The Labute approximate surface area is 110 Å². The molecule has 1 rings (SSSR count). The van der Waals surface area contributed by atoms with Gasteiger partial charge in [0.2, 0.25) is 0 Å². The molecule has 1 aromatic rings. The Bertz CT molecular complexity index is 345. The summed E-state index contributed by atoms with van der Waals surface area (Å²) in [7, 11) is 0. The Morgan fingerprint density at radius 2 is 1.71 bits per heavy atom. The van der Waals surface area contributed by atoms with Gasteiger partial charge in [0, 0.05) is 16.5 Å². The molecule has 0 aliphatic heterocycles. The van der Waals surface area contributed by atoms with Crippen LogP contribution in [0.3, 0.4) is 0 Å². The van der Waals surface area contributed by atoms with Gasteiger partial charge in [-0.3, -0.25) is 0 Å². The standard InChI is InChI=1S/C15H25NS/c1-11-7-6-8-12(2)14(11)9-13(16)10-17-15(3,4)5/h6-8,13H,9-10,16H2,1-5H3. The third kappa shape index (κ3) is 5.13. The van der Waals surface area contributed by atoms with Crippen molar-refractivity contribution in [2.45, 2.75) is 51.8 Å². The van der Waals surface area contributed by atoms with E-state index in [4.69, 9.17) is 5.73 Å². The minimum Gasteiger partial charge on any atom is -0.327 e. The molecule has 2 heteroatoms. The highest BCUT2D eigenvalue weighted by Crippen LogP contribution is 2.24. The molecule has 1 atom stereocenters. The van der Waals surface area contributed by atoms with Crippen molar-refractivity contribution < 1.29 is 0 Å². The first kappa shape index (κ1) is 14.6. The third-order valence-electron chi connectivity index (χ3n) is 2.84. The molecule has 0 saturated heterocycles. The van der Waals surface area contributed by atoms with Gasteiger partial charge in [-0.25, -0.2) is 0 Å². The van der Waals surface area contributed by atoms with Crippen LogP contribution >= 0.6 is 11.8 Å². The molecular weight excluding hydrogens is 226 g/mol. The zero-order valence-corrected chi connectivity index (χ0v) is 12.5. The van der Waals surface area contributed by atoms with Gasteiger partial charge in [-0.05, 0) is 37.0 Å². The lowest BCUT2D eigenvalue weighted by Crippen LogP contribution is -2.28. The SMILES string of the molecule is Cc1cccc(C)c1CC(N)CSC(C)(C)C. The van der Waals surface area contributed by atoms with Crippen LogP contribution in [0.15, 0.2) is 18.2 Å². The van der Waals surface area contributed by atoms with Gasteiger partial charge in [0.1, 0.15) is 0 Å². The Kier molecular flexibility index (Phi) is 5.08. The molecule has 17 heavy (non-hydrogen) atoms. The van der Waals surface area contributed by atoms with Crippen molar-refractivity contribution in [1.82, 2.24) is 0 Å². The minimum atomic E-state index is 0.249. The van der Waals surface area contributed by atoms with Crippen molar-refractivity contribution in [3.63, 3.8) is 0 Å². The number of nitrogens with two attached hydrogens (primary N) is 1. The van der Waals surface area contributed by atoms with Gasteiger partial charge in [-0.1, -0.05) is 39.0 Å². The summed E-state index contributed by atoms with van der Waals surface area (Å²) >= 11 is 1.95. The smallest absolute Gasteiger partial charge is 0.0171 e. The molecule has 0 amide bonds. The number of thioether (sulfide) groups is 1. The maximum Gasteiger partial charge on any atom is 0.0171 e. The van der Waals surface area contributed by atoms with Crippen LogP contribution < -0.4 is 5.73 Å². The second-order valence-corrected chi connectivity index (χ2v) is 7.60. The highest BCUT2D eigenvalue weighted by molar-refractivity contribution is 8.00. The second kappa shape index (κ2) is 5.92. The molecule has 96 valence electrons. The van der Waals surface area contributed by atoms with E-state index >= 15 is 0 Å². The van der Waals surface area contributed by atoms with Gasteiger partial charge < -0.3 is 5.73 Å². The fraction of sp³-hybridized carbons (Fsp3) is 0.600. The predicted octanol–water partition coefficient (Wildman–Crippen LogP) is 3.70. The van der Waals surface area contributed by atoms with Crippen LogP contribution in [0.1, 0.15) is 37.5 Å². The number of rotatable bonds is 4. The van der Waals surface area contributed by atoms with Gasteiger partial charge in [-0.2, -0.15) is 11.8 Å². The lowest BCUT2D eigenvalue weighted by atomic mass is 9.97. The van der Waals surface area contributed by atoms with Crippen LogP contribution in [0, 0.1) is 13.8 Å². The van der Waals surface area contributed by atoms with E-state index in [-0.39, 0.29) is 6.04 Å². The Morgan fingerprint density at radius 3 is 2.18 bits per heavy atom. The average molecular weight is 251 g/mol. The van der Waals surface area contributed by atoms with Crippen molar-refractivity contribution in [3.8, 4) is 0 Å². The normalized spacial score (nSPS) is 13.8. The van der Waals surface area contributed by atoms with E-state index in [1.165, 1.54) is 16.7 Å². The van der Waals surface area contributed by atoms with Crippen LogP contribution in [0.2, 0.25) is 0 Å². The van der Waals surface area contributed by atoms with Crippen molar-refractivity contribution in [3.05, 3.63) is 34.9 Å². The summed E-state index contributed by atoms with van der Waals surface area (Å²) in [4.78, 5) is 0. The molecule has 0 aromatic heterocycles. The lowest BCUT2D eigenvalue weighted by Gasteiger charge is -2.21. The summed E-state index contributed by atoms with van der Waals surface area (Å²) in [5, 5.41) is 0. The average Bonchev–Trinajstić information content (AvgIpc) is 2.20. The molecule has 1 aromatic carbocycles. The number of benzene rings is 1. The van der Waals surface area contributed by atoms with Crippen LogP contribution in [-0.4, -0.2) is 16.5 Å². The molecule has 0 bridgehead atoms. The molecule has 1 unspecified atom stereocenters. The zero-order valence-electron chi connectivity index (χ0n) is 11.7. The maximum absolute atomic E-state index is 6.23. The molecule has 0 spiro atoms. The Hall–Kier alpha value is -0.470. The first-order chi connectivity index (χ1) is 7.79. The molecule has 0 aliphatic carbocycles. The van der Waals surface area contributed by atoms with Gasteiger partial charge in [-0.15, -0.1) is 0 Å². The molecule has 0 saturated carbocycles. The molecule has 0 heterocycles. The topological polar surface area (TPSA) is 26.0 Å². The highest BCUT2D eigenvalue weighted by atomic mass is 32.2. The minimum absolute atomic E-state index is 0.249. The number of aryl methyl sites for hydroxylation is 2. The van der Waals surface area contributed by atoms with Crippen LogP contribution in [0.5, 0.6) is 0 Å². The van der Waals surface area contributed by atoms with Crippen molar-refractivity contribution >= 4 is 11.8 Å². The zero-order chi connectivity index (χ0) is 13.1. The van der Waals surface area contributed by atoms with E-state index in [0.717, 1.165) is 12.2 Å². The first-order valence-electron chi connectivity index (χ1n) is 6.24. The van der Waals surface area contributed by atoms with E-state index in [1.807, 2.05) is 11.8 Å². The van der Waals surface area contributed by atoms with Crippen molar-refractivity contribution in [2.75, 3.05) is 5.75 Å². The van der Waals surface area contributed by atoms with E-state index < -0.39 is 0 Å². The van der Waals surface area contributed by atoms with Gasteiger partial charge >= 0.3 is 0 Å². The summed E-state index contributed by atoms with van der Waals surface area (Å²) in [5.41, 5.74) is 10.4. The molecule has 2 N–H and O–H groups in total. The number of hydrogen-bond acceptors (Lipinski definition) is 2. The van der Waals surface area contributed by atoms with Crippen molar-refractivity contribution in [1.29, 1.82) is 0 Å². The number of hydrogen-bond donors (Lipinski definition) is 1. The third-order valence-corrected chi connectivity index (χ3v) is 4.30. The predicted molar refractivity (Wildman–Crippen MR) is 79.8 cm³/mol. The molecule has 1 nitrogen and oxygen atoms in total. The van der Waals surface area contributed by atoms with Crippen LogP contribution in [0.25, 0.3) is 0 Å². The Morgan fingerprint density at radius 1 is 1.18 bits per heavy atom. The highest BCUT2D eigenvalue weighted by Gasteiger charge is 2.14. The summed E-state index contributed by atoms with van der Waals surface area (Å²) < 4.78 is 0.304. The summed E-state index contributed by atoms with van der Waals surface area (Å²) in [5.74, 6) is 1.03. The fourth-order valence-corrected chi connectivity index (χ4v) is 2.68. The fourth-order valence-electron chi connectivity index (χ4n) is 1.85. The molecular formula is C15H25NS. The largest absolute Gasteiger partial charge is 0.327 e. The second-order valence-electron chi connectivity index (χ2n) is 5.76. The van der Waals surface area contributed by atoms with Gasteiger partial charge in [0.15, 0.2) is 0 Å². The molecule has 0 aliphatic rings. The monoisotopic (exact) mass is 251 g/mol. The maximum atomic E-state index is 6.23. The summed E-state index contributed by atoms with van der Waals surface area (Å²) in [6, 6.07) is 6.71. The van der Waals surface area contributed by atoms with E-state index in [0.29, 0.717) is 4.75 Å². The Balaban J connectivity index is 2.59. The first-order valence-corrected chi connectivity index (χ1v) is 7.23. The van der Waals surface area contributed by atoms with Gasteiger partial charge in [0.05, 0.1) is 0 Å². The summed E-state index contributed by atoms with van der Waals surface area (Å²) in [6.45, 7) is 11.1. The van der Waals surface area contributed by atoms with E-state index in [9.17, 15) is 0 Å². The van der Waals surface area contributed by atoms with Crippen LogP contribution in [0.4, 0.5) is 0 Å². The quantitative estimate of drug-likeness (QED) is 0.883. The molecule has 0 radical (unpaired) electrons. The molecule has 0 fully saturated rings.